The number of rotatable bonds is 6. The maximum Gasteiger partial charge on any atom is 0.132 e. The molecule has 0 spiro atoms. The summed E-state index contributed by atoms with van der Waals surface area (Å²) in [5, 5.41) is 3.91. The van der Waals surface area contributed by atoms with Crippen molar-refractivity contribution in [2.45, 2.75) is 32.9 Å². The number of nitrogens with zero attached hydrogens (tertiary/aromatic N) is 1. The van der Waals surface area contributed by atoms with Gasteiger partial charge in [-0.2, -0.15) is 0 Å². The lowest BCUT2D eigenvalue weighted by Crippen LogP contribution is -2.17. The summed E-state index contributed by atoms with van der Waals surface area (Å²) < 4.78 is 13.8. The zero-order chi connectivity index (χ0) is 13.7. The van der Waals surface area contributed by atoms with Gasteiger partial charge in [0, 0.05) is 18.5 Å². The predicted molar refractivity (Wildman–Crippen MR) is 76.2 cm³/mol. The summed E-state index contributed by atoms with van der Waals surface area (Å²) in [7, 11) is 0. The van der Waals surface area contributed by atoms with Crippen molar-refractivity contribution in [2.24, 2.45) is 5.73 Å². The molecule has 2 aromatic rings. The maximum atomic E-state index is 13.8. The molecule has 0 unspecified atom stereocenters. The van der Waals surface area contributed by atoms with Crippen molar-refractivity contribution < 1.29 is 4.39 Å². The van der Waals surface area contributed by atoms with Crippen LogP contribution in [-0.4, -0.2) is 11.5 Å². The summed E-state index contributed by atoms with van der Waals surface area (Å²) in [5.74, 6) is -0.233. The number of pyridine rings is 1. The first-order valence-electron chi connectivity index (χ1n) is 6.74. The molecule has 0 saturated heterocycles. The van der Waals surface area contributed by atoms with Crippen LogP contribution in [0.1, 0.15) is 31.0 Å². The first kappa shape index (κ1) is 13.9. The van der Waals surface area contributed by atoms with E-state index in [4.69, 9.17) is 5.73 Å². The molecule has 1 aromatic carbocycles. The number of hydrogen-bond donors (Lipinski definition) is 2. The molecule has 0 aliphatic carbocycles. The van der Waals surface area contributed by atoms with Crippen LogP contribution in [-0.2, 0) is 13.1 Å². The van der Waals surface area contributed by atoms with Crippen molar-refractivity contribution >= 4 is 10.9 Å². The molecule has 2 rings (SSSR count). The molecule has 0 fully saturated rings. The molecule has 0 aliphatic heterocycles. The zero-order valence-corrected chi connectivity index (χ0v) is 11.2. The number of aromatic nitrogens is 1. The van der Waals surface area contributed by atoms with E-state index in [1.165, 1.54) is 6.07 Å². The summed E-state index contributed by atoms with van der Waals surface area (Å²) >= 11 is 0. The van der Waals surface area contributed by atoms with Crippen LogP contribution in [0.3, 0.4) is 0 Å². The average Bonchev–Trinajstić information content (AvgIpc) is 2.43. The molecular formula is C15H20FN3. The zero-order valence-electron chi connectivity index (χ0n) is 11.2. The van der Waals surface area contributed by atoms with Crippen LogP contribution in [0.15, 0.2) is 24.3 Å². The number of nitrogens with one attached hydrogen (secondary N) is 1. The highest BCUT2D eigenvalue weighted by molar-refractivity contribution is 5.80. The third kappa shape index (κ3) is 3.28. The van der Waals surface area contributed by atoms with E-state index in [0.29, 0.717) is 24.0 Å². The van der Waals surface area contributed by atoms with Gasteiger partial charge in [0.05, 0.1) is 11.2 Å². The molecule has 3 nitrogen and oxygen atoms in total. The van der Waals surface area contributed by atoms with Crippen molar-refractivity contribution in [2.75, 3.05) is 6.54 Å². The smallest absolute Gasteiger partial charge is 0.132 e. The largest absolute Gasteiger partial charge is 0.325 e. The number of halogens is 1. The number of fused-ring (bicyclic) bond motifs is 1. The fraction of sp³-hybridized carbons (Fsp3) is 0.400. The van der Waals surface area contributed by atoms with Crippen molar-refractivity contribution in [3.63, 3.8) is 0 Å². The molecule has 0 atom stereocenters. The molecule has 0 radical (unpaired) electrons. The van der Waals surface area contributed by atoms with Gasteiger partial charge in [0.15, 0.2) is 0 Å². The number of nitrogens with two attached hydrogens (primary N) is 1. The standard InChI is InChI=1S/C15H20FN3/c1-2-3-7-18-10-11-8-12-13(16)5-4-6-14(12)19-15(11)9-17/h4-6,8,18H,2-3,7,9-10,17H2,1H3. The maximum absolute atomic E-state index is 13.8. The quantitative estimate of drug-likeness (QED) is 0.786. The van der Waals surface area contributed by atoms with Gasteiger partial charge >= 0.3 is 0 Å². The Morgan fingerprint density at radius 1 is 1.37 bits per heavy atom. The molecule has 1 heterocycles. The Labute approximate surface area is 113 Å². The fourth-order valence-electron chi connectivity index (χ4n) is 2.10. The Hall–Kier alpha value is -1.52. The minimum absolute atomic E-state index is 0.233. The highest BCUT2D eigenvalue weighted by Gasteiger charge is 2.08. The third-order valence-electron chi connectivity index (χ3n) is 3.19. The fourth-order valence-corrected chi connectivity index (χ4v) is 2.10. The summed E-state index contributed by atoms with van der Waals surface area (Å²) in [5.41, 5.74) is 8.21. The van der Waals surface area contributed by atoms with Gasteiger partial charge in [-0.05, 0) is 36.7 Å². The molecule has 0 saturated carbocycles. The predicted octanol–water partition coefficient (Wildman–Crippen LogP) is 2.72. The second-order valence-corrected chi connectivity index (χ2v) is 4.64. The van der Waals surface area contributed by atoms with Crippen molar-refractivity contribution in [3.05, 3.63) is 41.3 Å². The lowest BCUT2D eigenvalue weighted by Gasteiger charge is -2.10. The summed E-state index contributed by atoms with van der Waals surface area (Å²) in [6.45, 7) is 4.16. The molecule has 0 bridgehead atoms. The summed E-state index contributed by atoms with van der Waals surface area (Å²) in [4.78, 5) is 4.45. The third-order valence-corrected chi connectivity index (χ3v) is 3.19. The number of unbranched alkanes of at least 4 members (excludes halogenated alkanes) is 1. The molecule has 4 heteroatoms. The lowest BCUT2D eigenvalue weighted by atomic mass is 10.1. The molecule has 3 N–H and O–H groups in total. The van der Waals surface area contributed by atoms with Crippen molar-refractivity contribution in [1.82, 2.24) is 10.3 Å². The lowest BCUT2D eigenvalue weighted by molar-refractivity contribution is 0.632. The Morgan fingerprint density at radius 2 is 2.21 bits per heavy atom. The van der Waals surface area contributed by atoms with Crippen LogP contribution in [0.5, 0.6) is 0 Å². The molecular weight excluding hydrogens is 241 g/mol. The first-order chi connectivity index (χ1) is 9.26. The number of hydrogen-bond acceptors (Lipinski definition) is 3. The Bertz CT molecular complexity index is 554. The van der Waals surface area contributed by atoms with Gasteiger partial charge in [0.25, 0.3) is 0 Å². The van der Waals surface area contributed by atoms with Gasteiger partial charge in [0.2, 0.25) is 0 Å². The van der Waals surface area contributed by atoms with Gasteiger partial charge in [-0.1, -0.05) is 19.4 Å². The van der Waals surface area contributed by atoms with Crippen LogP contribution in [0, 0.1) is 5.82 Å². The highest BCUT2D eigenvalue weighted by atomic mass is 19.1. The Morgan fingerprint density at radius 3 is 2.95 bits per heavy atom. The second-order valence-electron chi connectivity index (χ2n) is 4.64. The second kappa shape index (κ2) is 6.59. The van der Waals surface area contributed by atoms with E-state index >= 15 is 0 Å². The van der Waals surface area contributed by atoms with Gasteiger partial charge in [-0.3, -0.25) is 4.98 Å². The van der Waals surface area contributed by atoms with E-state index in [1.54, 1.807) is 6.07 Å². The Balaban J connectivity index is 2.28. The molecule has 0 amide bonds. The van der Waals surface area contributed by atoms with Gasteiger partial charge in [0.1, 0.15) is 5.82 Å². The molecule has 0 aliphatic rings. The summed E-state index contributed by atoms with van der Waals surface area (Å²) in [6, 6.07) is 6.80. The van der Waals surface area contributed by atoms with Gasteiger partial charge < -0.3 is 11.1 Å². The van der Waals surface area contributed by atoms with E-state index in [9.17, 15) is 4.39 Å². The molecule has 1 aromatic heterocycles. The topological polar surface area (TPSA) is 50.9 Å². The van der Waals surface area contributed by atoms with E-state index in [-0.39, 0.29) is 5.82 Å². The molecule has 19 heavy (non-hydrogen) atoms. The van der Waals surface area contributed by atoms with Crippen LogP contribution in [0.4, 0.5) is 4.39 Å². The molecule has 102 valence electrons. The minimum Gasteiger partial charge on any atom is -0.325 e. The number of benzene rings is 1. The van der Waals surface area contributed by atoms with E-state index < -0.39 is 0 Å². The van der Waals surface area contributed by atoms with Crippen LogP contribution in [0.2, 0.25) is 0 Å². The SMILES string of the molecule is CCCCNCc1cc2c(F)cccc2nc1CN. The van der Waals surface area contributed by atoms with E-state index in [1.807, 2.05) is 12.1 Å². The van der Waals surface area contributed by atoms with Gasteiger partial charge in [-0.25, -0.2) is 4.39 Å². The Kier molecular flexibility index (Phi) is 4.82. The van der Waals surface area contributed by atoms with Crippen molar-refractivity contribution in [1.29, 1.82) is 0 Å². The van der Waals surface area contributed by atoms with E-state index in [0.717, 1.165) is 30.6 Å². The van der Waals surface area contributed by atoms with Crippen LogP contribution < -0.4 is 11.1 Å². The average molecular weight is 261 g/mol. The van der Waals surface area contributed by atoms with Crippen LogP contribution in [0.25, 0.3) is 10.9 Å². The van der Waals surface area contributed by atoms with Crippen LogP contribution >= 0.6 is 0 Å². The van der Waals surface area contributed by atoms with Crippen molar-refractivity contribution in [3.8, 4) is 0 Å². The minimum atomic E-state index is -0.233. The first-order valence-corrected chi connectivity index (χ1v) is 6.74. The van der Waals surface area contributed by atoms with E-state index in [2.05, 4.69) is 17.2 Å². The highest BCUT2D eigenvalue weighted by Crippen LogP contribution is 2.19. The van der Waals surface area contributed by atoms with Gasteiger partial charge in [-0.15, -0.1) is 0 Å². The monoisotopic (exact) mass is 261 g/mol. The summed E-state index contributed by atoms with van der Waals surface area (Å²) in [6.07, 6.45) is 2.29. The normalized spacial score (nSPS) is 11.1.